The number of hydrogen-bond acceptors (Lipinski definition) is 4. The van der Waals surface area contributed by atoms with Gasteiger partial charge in [-0.2, -0.15) is 0 Å². The number of nitrogen functional groups attached to an aromatic ring is 1. The zero-order chi connectivity index (χ0) is 13.7. The smallest absolute Gasteiger partial charge is 0.130 e. The molecule has 5 nitrogen and oxygen atoms in total. The second-order valence-corrected chi connectivity index (χ2v) is 3.92. The Balaban J connectivity index is 2.15. The molecular weight excluding hydrogens is 242 g/mol. The van der Waals surface area contributed by atoms with Crippen molar-refractivity contribution in [1.82, 2.24) is 4.98 Å². The van der Waals surface area contributed by atoms with Gasteiger partial charge in [0.15, 0.2) is 0 Å². The van der Waals surface area contributed by atoms with Gasteiger partial charge in [-0.15, -0.1) is 0 Å². The Kier molecular flexibility index (Phi) is 3.97. The molecule has 3 N–H and O–H groups in total. The molecule has 0 aliphatic rings. The number of benzene rings is 1. The first kappa shape index (κ1) is 12.9. The van der Waals surface area contributed by atoms with Crippen molar-refractivity contribution in [2.24, 2.45) is 5.73 Å². The summed E-state index contributed by atoms with van der Waals surface area (Å²) < 4.78 is 10.8. The summed E-state index contributed by atoms with van der Waals surface area (Å²) in [5.41, 5.74) is 6.87. The molecule has 98 valence electrons. The van der Waals surface area contributed by atoms with Crippen LogP contribution in [0.2, 0.25) is 0 Å². The van der Waals surface area contributed by atoms with Crippen molar-refractivity contribution >= 4 is 5.84 Å². The number of nitrogens with zero attached hydrogens (tertiary/aromatic N) is 1. The molecule has 1 aromatic heterocycles. The number of hydrogen-bond donors (Lipinski definition) is 2. The third-order valence-electron chi connectivity index (χ3n) is 2.54. The zero-order valence-corrected chi connectivity index (χ0v) is 10.6. The fraction of sp³-hybridized carbons (Fsp3) is 0.143. The molecule has 0 radical (unpaired) electrons. The van der Waals surface area contributed by atoms with Crippen molar-refractivity contribution in [3.8, 4) is 11.5 Å². The molecule has 0 aliphatic heterocycles. The van der Waals surface area contributed by atoms with Gasteiger partial charge in [0, 0.05) is 17.8 Å². The minimum absolute atomic E-state index is 0.0263. The molecule has 0 bridgehead atoms. The van der Waals surface area contributed by atoms with Crippen LogP contribution in [-0.2, 0) is 6.61 Å². The average Bonchev–Trinajstić information content (AvgIpc) is 2.45. The van der Waals surface area contributed by atoms with E-state index in [1.807, 2.05) is 18.2 Å². The number of aromatic nitrogens is 1. The molecule has 0 fully saturated rings. The molecule has 0 atom stereocenters. The average molecular weight is 257 g/mol. The molecule has 0 unspecified atom stereocenters. The fourth-order valence-corrected chi connectivity index (χ4v) is 1.57. The highest BCUT2D eigenvalue weighted by Gasteiger charge is 2.05. The summed E-state index contributed by atoms with van der Waals surface area (Å²) in [4.78, 5) is 4.17. The Morgan fingerprint density at radius 3 is 2.68 bits per heavy atom. The second-order valence-electron chi connectivity index (χ2n) is 3.92. The van der Waals surface area contributed by atoms with Crippen LogP contribution in [0.3, 0.4) is 0 Å². The van der Waals surface area contributed by atoms with E-state index in [1.54, 1.807) is 31.5 Å². The third kappa shape index (κ3) is 3.45. The summed E-state index contributed by atoms with van der Waals surface area (Å²) in [6, 6.07) is 10.8. The number of nitrogens with two attached hydrogens (primary N) is 1. The predicted molar refractivity (Wildman–Crippen MR) is 72.6 cm³/mol. The summed E-state index contributed by atoms with van der Waals surface area (Å²) >= 11 is 0. The van der Waals surface area contributed by atoms with Gasteiger partial charge in [-0.25, -0.2) is 0 Å². The van der Waals surface area contributed by atoms with Crippen molar-refractivity contribution in [2.75, 3.05) is 7.11 Å². The van der Waals surface area contributed by atoms with Gasteiger partial charge in [-0.1, -0.05) is 6.07 Å². The molecule has 19 heavy (non-hydrogen) atoms. The van der Waals surface area contributed by atoms with E-state index in [1.165, 1.54) is 0 Å². The minimum atomic E-state index is -0.0263. The van der Waals surface area contributed by atoms with Crippen LogP contribution >= 0.6 is 0 Å². The second kappa shape index (κ2) is 5.86. The molecule has 0 aliphatic carbocycles. The van der Waals surface area contributed by atoms with Crippen LogP contribution in [0.5, 0.6) is 11.5 Å². The highest BCUT2D eigenvalue weighted by atomic mass is 16.5. The maximum atomic E-state index is 7.45. The number of nitrogens with one attached hydrogen (secondary N) is 1. The van der Waals surface area contributed by atoms with E-state index in [0.717, 1.165) is 5.69 Å². The minimum Gasteiger partial charge on any atom is -0.497 e. The van der Waals surface area contributed by atoms with Crippen LogP contribution in [0, 0.1) is 5.41 Å². The first-order chi connectivity index (χ1) is 9.19. The quantitative estimate of drug-likeness (QED) is 0.633. The standard InChI is InChI=1S/C14H15N3O2/c1-18-12-6-10(14(15)16)7-13(8-12)19-9-11-4-2-3-5-17-11/h2-8H,9H2,1H3,(H3,15,16). The van der Waals surface area contributed by atoms with E-state index in [0.29, 0.717) is 23.7 Å². The van der Waals surface area contributed by atoms with E-state index in [-0.39, 0.29) is 5.84 Å². The van der Waals surface area contributed by atoms with Gasteiger partial charge in [0.25, 0.3) is 0 Å². The summed E-state index contributed by atoms with van der Waals surface area (Å²) in [7, 11) is 1.56. The van der Waals surface area contributed by atoms with Crippen molar-refractivity contribution in [3.63, 3.8) is 0 Å². The van der Waals surface area contributed by atoms with Crippen LogP contribution in [0.25, 0.3) is 0 Å². The molecule has 0 saturated carbocycles. The first-order valence-electron chi connectivity index (χ1n) is 5.75. The Morgan fingerprint density at radius 1 is 1.26 bits per heavy atom. The van der Waals surface area contributed by atoms with E-state index in [4.69, 9.17) is 20.6 Å². The van der Waals surface area contributed by atoms with E-state index in [2.05, 4.69) is 4.98 Å². The molecule has 0 spiro atoms. The molecule has 2 aromatic rings. The molecular formula is C14H15N3O2. The maximum absolute atomic E-state index is 7.45. The van der Waals surface area contributed by atoms with E-state index >= 15 is 0 Å². The number of pyridine rings is 1. The monoisotopic (exact) mass is 257 g/mol. The fourth-order valence-electron chi connectivity index (χ4n) is 1.57. The lowest BCUT2D eigenvalue weighted by Crippen LogP contribution is -2.11. The molecule has 0 saturated heterocycles. The van der Waals surface area contributed by atoms with Crippen molar-refractivity contribution in [2.45, 2.75) is 6.61 Å². The Morgan fingerprint density at radius 2 is 2.05 bits per heavy atom. The molecule has 1 aromatic carbocycles. The third-order valence-corrected chi connectivity index (χ3v) is 2.54. The predicted octanol–water partition coefficient (Wildman–Crippen LogP) is 1.95. The number of ether oxygens (including phenoxy) is 2. The van der Waals surface area contributed by atoms with Gasteiger partial charge >= 0.3 is 0 Å². The first-order valence-corrected chi connectivity index (χ1v) is 5.75. The lowest BCUT2D eigenvalue weighted by atomic mass is 10.2. The van der Waals surface area contributed by atoms with Crippen molar-refractivity contribution in [1.29, 1.82) is 5.41 Å². The molecule has 0 amide bonds. The summed E-state index contributed by atoms with van der Waals surface area (Å²) in [6.45, 7) is 0.353. The highest BCUT2D eigenvalue weighted by Crippen LogP contribution is 2.23. The topological polar surface area (TPSA) is 81.2 Å². The largest absolute Gasteiger partial charge is 0.497 e. The van der Waals surface area contributed by atoms with E-state index in [9.17, 15) is 0 Å². The lowest BCUT2D eigenvalue weighted by molar-refractivity contribution is 0.299. The number of rotatable bonds is 5. The van der Waals surface area contributed by atoms with Crippen LogP contribution < -0.4 is 15.2 Å². The van der Waals surface area contributed by atoms with Crippen LogP contribution in [0.1, 0.15) is 11.3 Å². The Hall–Kier alpha value is -2.56. The van der Waals surface area contributed by atoms with Gasteiger partial charge < -0.3 is 15.2 Å². The molecule has 1 heterocycles. The van der Waals surface area contributed by atoms with Crippen LogP contribution in [0.15, 0.2) is 42.6 Å². The van der Waals surface area contributed by atoms with Crippen LogP contribution in [0.4, 0.5) is 0 Å². The number of amidine groups is 1. The number of methoxy groups -OCH3 is 1. The highest BCUT2D eigenvalue weighted by molar-refractivity contribution is 5.95. The Bertz CT molecular complexity index is 570. The van der Waals surface area contributed by atoms with Gasteiger partial charge in [-0.3, -0.25) is 10.4 Å². The zero-order valence-electron chi connectivity index (χ0n) is 10.6. The summed E-state index contributed by atoms with van der Waals surface area (Å²) in [5, 5.41) is 7.45. The van der Waals surface area contributed by atoms with Crippen molar-refractivity contribution in [3.05, 3.63) is 53.9 Å². The van der Waals surface area contributed by atoms with Crippen LogP contribution in [-0.4, -0.2) is 17.9 Å². The van der Waals surface area contributed by atoms with Gasteiger partial charge in [0.05, 0.1) is 12.8 Å². The maximum Gasteiger partial charge on any atom is 0.130 e. The van der Waals surface area contributed by atoms with Gasteiger partial charge in [0.1, 0.15) is 23.9 Å². The lowest BCUT2D eigenvalue weighted by Gasteiger charge is -2.10. The summed E-state index contributed by atoms with van der Waals surface area (Å²) in [5.74, 6) is 1.17. The SMILES string of the molecule is COc1cc(OCc2ccccn2)cc(C(=N)N)c1. The summed E-state index contributed by atoms with van der Waals surface area (Å²) in [6.07, 6.45) is 1.71. The van der Waals surface area contributed by atoms with E-state index < -0.39 is 0 Å². The van der Waals surface area contributed by atoms with Crippen molar-refractivity contribution < 1.29 is 9.47 Å². The Labute approximate surface area is 111 Å². The van der Waals surface area contributed by atoms with Gasteiger partial charge in [0.2, 0.25) is 0 Å². The molecule has 5 heteroatoms. The molecule has 2 rings (SSSR count). The normalized spacial score (nSPS) is 9.95. The van der Waals surface area contributed by atoms with Gasteiger partial charge in [-0.05, 0) is 24.3 Å².